The molecule has 0 spiro atoms. The number of nitrogens with one attached hydrogen (secondary N) is 1. The summed E-state index contributed by atoms with van der Waals surface area (Å²) >= 11 is 6.17. The lowest BCUT2D eigenvalue weighted by atomic mass is 10.1. The molecule has 0 unspecified atom stereocenters. The van der Waals surface area contributed by atoms with Gasteiger partial charge in [-0.15, -0.1) is 0 Å². The number of carbonyl (C=O) groups is 1. The normalized spacial score (nSPS) is 10.8. The Kier molecular flexibility index (Phi) is 4.59. The molecule has 0 saturated heterocycles. The van der Waals surface area contributed by atoms with E-state index in [1.54, 1.807) is 29.8 Å². The fourth-order valence-electron chi connectivity index (χ4n) is 2.59. The van der Waals surface area contributed by atoms with E-state index in [1.165, 1.54) is 12.1 Å². The van der Waals surface area contributed by atoms with Gasteiger partial charge in [-0.05, 0) is 68.8 Å². The Morgan fingerprint density at radius 2 is 1.80 bits per heavy atom. The zero-order chi connectivity index (χ0) is 18.1. The SMILES string of the molecule is Cc1cc(F)ccc1NC(=O)c1ccc(-n2nc(C)c(Cl)c2C)cc1. The number of carbonyl (C=O) groups excluding carboxylic acids is 1. The van der Waals surface area contributed by atoms with Crippen LogP contribution in [-0.2, 0) is 0 Å². The molecule has 1 aromatic heterocycles. The minimum Gasteiger partial charge on any atom is -0.322 e. The smallest absolute Gasteiger partial charge is 0.255 e. The molecule has 0 saturated carbocycles. The number of anilines is 1. The summed E-state index contributed by atoms with van der Waals surface area (Å²) in [6, 6.07) is 11.3. The van der Waals surface area contributed by atoms with Crippen LogP contribution in [-0.4, -0.2) is 15.7 Å². The first-order chi connectivity index (χ1) is 11.9. The molecule has 0 aliphatic carbocycles. The van der Waals surface area contributed by atoms with Crippen LogP contribution < -0.4 is 5.32 Å². The molecule has 0 radical (unpaired) electrons. The first-order valence-electron chi connectivity index (χ1n) is 7.76. The number of rotatable bonds is 3. The molecule has 2 aromatic carbocycles. The number of benzene rings is 2. The molecule has 0 atom stereocenters. The fraction of sp³-hybridized carbons (Fsp3) is 0.158. The highest BCUT2D eigenvalue weighted by molar-refractivity contribution is 6.31. The number of aromatic nitrogens is 2. The quantitative estimate of drug-likeness (QED) is 0.728. The highest BCUT2D eigenvalue weighted by atomic mass is 35.5. The number of hydrogen-bond acceptors (Lipinski definition) is 2. The lowest BCUT2D eigenvalue weighted by Crippen LogP contribution is -2.13. The molecule has 25 heavy (non-hydrogen) atoms. The van der Waals surface area contributed by atoms with Gasteiger partial charge in [-0.1, -0.05) is 11.6 Å². The average Bonchev–Trinajstić information content (AvgIpc) is 2.85. The largest absolute Gasteiger partial charge is 0.322 e. The van der Waals surface area contributed by atoms with Crippen molar-refractivity contribution in [3.05, 3.63) is 75.8 Å². The Balaban J connectivity index is 1.82. The Morgan fingerprint density at radius 1 is 1.12 bits per heavy atom. The molecule has 0 bridgehead atoms. The number of aryl methyl sites for hydroxylation is 2. The van der Waals surface area contributed by atoms with E-state index >= 15 is 0 Å². The van der Waals surface area contributed by atoms with Crippen LogP contribution in [0.5, 0.6) is 0 Å². The topological polar surface area (TPSA) is 46.9 Å². The van der Waals surface area contributed by atoms with Gasteiger partial charge in [-0.3, -0.25) is 4.79 Å². The van der Waals surface area contributed by atoms with E-state index in [2.05, 4.69) is 10.4 Å². The van der Waals surface area contributed by atoms with Crippen molar-refractivity contribution in [2.45, 2.75) is 20.8 Å². The highest BCUT2D eigenvalue weighted by Gasteiger charge is 2.12. The van der Waals surface area contributed by atoms with Gasteiger partial charge in [0.05, 0.1) is 22.1 Å². The van der Waals surface area contributed by atoms with Crippen molar-refractivity contribution in [3.63, 3.8) is 0 Å². The monoisotopic (exact) mass is 357 g/mol. The summed E-state index contributed by atoms with van der Waals surface area (Å²) in [6.07, 6.45) is 0. The van der Waals surface area contributed by atoms with Crippen molar-refractivity contribution in [2.24, 2.45) is 0 Å². The molecule has 0 aliphatic heterocycles. The second-order valence-electron chi connectivity index (χ2n) is 5.86. The second kappa shape index (κ2) is 6.69. The molecule has 1 heterocycles. The minimum absolute atomic E-state index is 0.257. The van der Waals surface area contributed by atoms with Gasteiger partial charge in [0.15, 0.2) is 0 Å². The number of amides is 1. The minimum atomic E-state index is -0.330. The summed E-state index contributed by atoms with van der Waals surface area (Å²) in [7, 11) is 0. The molecule has 4 nitrogen and oxygen atoms in total. The first-order valence-corrected chi connectivity index (χ1v) is 8.14. The van der Waals surface area contributed by atoms with E-state index in [1.807, 2.05) is 26.0 Å². The van der Waals surface area contributed by atoms with Gasteiger partial charge < -0.3 is 5.32 Å². The molecular formula is C19H17ClFN3O. The van der Waals surface area contributed by atoms with E-state index in [0.29, 0.717) is 21.8 Å². The van der Waals surface area contributed by atoms with Gasteiger partial charge in [0.1, 0.15) is 5.82 Å². The van der Waals surface area contributed by atoms with E-state index in [0.717, 1.165) is 17.1 Å². The third-order valence-corrected chi connectivity index (χ3v) is 4.56. The van der Waals surface area contributed by atoms with Gasteiger partial charge in [0.25, 0.3) is 5.91 Å². The van der Waals surface area contributed by atoms with Crippen LogP contribution in [0.15, 0.2) is 42.5 Å². The van der Waals surface area contributed by atoms with Crippen LogP contribution in [0, 0.1) is 26.6 Å². The summed E-state index contributed by atoms with van der Waals surface area (Å²) in [5.74, 6) is -0.587. The van der Waals surface area contributed by atoms with Gasteiger partial charge in [0, 0.05) is 11.3 Å². The van der Waals surface area contributed by atoms with E-state index in [4.69, 9.17) is 11.6 Å². The van der Waals surface area contributed by atoms with Crippen LogP contribution >= 0.6 is 11.6 Å². The molecule has 1 N–H and O–H groups in total. The van der Waals surface area contributed by atoms with Crippen molar-refractivity contribution < 1.29 is 9.18 Å². The van der Waals surface area contributed by atoms with Crippen molar-refractivity contribution in [2.75, 3.05) is 5.32 Å². The first kappa shape index (κ1) is 17.2. The van der Waals surface area contributed by atoms with E-state index in [-0.39, 0.29) is 11.7 Å². The number of nitrogens with zero attached hydrogens (tertiary/aromatic N) is 2. The van der Waals surface area contributed by atoms with E-state index in [9.17, 15) is 9.18 Å². The molecule has 6 heteroatoms. The third kappa shape index (κ3) is 3.42. The van der Waals surface area contributed by atoms with Crippen LogP contribution in [0.3, 0.4) is 0 Å². The Morgan fingerprint density at radius 3 is 2.36 bits per heavy atom. The summed E-state index contributed by atoms with van der Waals surface area (Å²) in [5, 5.41) is 7.81. The summed E-state index contributed by atoms with van der Waals surface area (Å²) < 4.78 is 14.9. The number of halogens is 2. The molecular weight excluding hydrogens is 341 g/mol. The average molecular weight is 358 g/mol. The van der Waals surface area contributed by atoms with Gasteiger partial charge in [-0.25, -0.2) is 9.07 Å². The van der Waals surface area contributed by atoms with Gasteiger partial charge in [0.2, 0.25) is 0 Å². The summed E-state index contributed by atoms with van der Waals surface area (Å²) in [4.78, 5) is 12.4. The molecule has 0 fully saturated rings. The summed E-state index contributed by atoms with van der Waals surface area (Å²) in [5.41, 5.74) is 4.18. The Bertz CT molecular complexity index is 948. The van der Waals surface area contributed by atoms with Gasteiger partial charge >= 0.3 is 0 Å². The zero-order valence-corrected chi connectivity index (χ0v) is 14.9. The standard InChI is InChI=1S/C19H17ClFN3O/c1-11-10-15(21)6-9-17(11)22-19(25)14-4-7-16(8-5-14)24-13(3)18(20)12(2)23-24/h4-10H,1-3H3,(H,22,25). The molecule has 3 aromatic rings. The fourth-order valence-corrected chi connectivity index (χ4v) is 2.71. The van der Waals surface area contributed by atoms with Crippen LogP contribution in [0.25, 0.3) is 5.69 Å². The maximum atomic E-state index is 13.1. The van der Waals surface area contributed by atoms with Crippen molar-refractivity contribution in [3.8, 4) is 5.69 Å². The van der Waals surface area contributed by atoms with Crippen LogP contribution in [0.1, 0.15) is 27.3 Å². The van der Waals surface area contributed by atoms with Crippen molar-refractivity contribution >= 4 is 23.2 Å². The predicted molar refractivity (Wildman–Crippen MR) is 97.1 cm³/mol. The van der Waals surface area contributed by atoms with Crippen LogP contribution in [0.4, 0.5) is 10.1 Å². The maximum Gasteiger partial charge on any atom is 0.255 e. The predicted octanol–water partition coefficient (Wildman–Crippen LogP) is 4.84. The summed E-state index contributed by atoms with van der Waals surface area (Å²) in [6.45, 7) is 5.48. The number of hydrogen-bond donors (Lipinski definition) is 1. The molecule has 1 amide bonds. The Hall–Kier alpha value is -2.66. The zero-order valence-electron chi connectivity index (χ0n) is 14.1. The van der Waals surface area contributed by atoms with Gasteiger partial charge in [-0.2, -0.15) is 5.10 Å². The van der Waals surface area contributed by atoms with E-state index < -0.39 is 0 Å². The lowest BCUT2D eigenvalue weighted by molar-refractivity contribution is 0.102. The second-order valence-corrected chi connectivity index (χ2v) is 6.23. The Labute approximate surface area is 150 Å². The molecule has 128 valence electrons. The highest BCUT2D eigenvalue weighted by Crippen LogP contribution is 2.23. The molecule has 0 aliphatic rings. The maximum absolute atomic E-state index is 13.1. The van der Waals surface area contributed by atoms with Crippen molar-refractivity contribution in [1.29, 1.82) is 0 Å². The van der Waals surface area contributed by atoms with Crippen LogP contribution in [0.2, 0.25) is 5.02 Å². The third-order valence-electron chi connectivity index (χ3n) is 4.01. The lowest BCUT2D eigenvalue weighted by Gasteiger charge is -2.09. The molecule has 3 rings (SSSR count). The van der Waals surface area contributed by atoms with Crippen molar-refractivity contribution in [1.82, 2.24) is 9.78 Å².